The monoisotopic (exact) mass is 461 g/mol. The number of hydrogen-bond donors (Lipinski definition) is 1. The average molecular weight is 462 g/mol. The zero-order valence-electron chi connectivity index (χ0n) is 15.9. The molecule has 0 aliphatic rings. The molecule has 0 saturated carbocycles. The molecule has 0 radical (unpaired) electrons. The van der Waals surface area contributed by atoms with Gasteiger partial charge in [0.15, 0.2) is 5.16 Å². The highest BCUT2D eigenvalue weighted by molar-refractivity contribution is 8.00. The Hall–Kier alpha value is -1.94. The van der Waals surface area contributed by atoms with Crippen LogP contribution in [0.15, 0.2) is 50.4 Å². The van der Waals surface area contributed by atoms with Crippen molar-refractivity contribution in [1.82, 2.24) is 14.9 Å². The molecular weight excluding hydrogens is 443 g/mol. The Morgan fingerprint density at radius 2 is 2.03 bits per heavy atom. The average Bonchev–Trinajstić information content (AvgIpc) is 3.46. The Morgan fingerprint density at radius 3 is 2.76 bits per heavy atom. The van der Waals surface area contributed by atoms with E-state index in [1.807, 2.05) is 41.3 Å². The summed E-state index contributed by atoms with van der Waals surface area (Å²) in [5.41, 5.74) is 0.858. The Bertz CT molecular complexity index is 1180. The van der Waals surface area contributed by atoms with Gasteiger partial charge in [-0.15, -0.1) is 34.0 Å². The molecule has 4 aromatic rings. The lowest BCUT2D eigenvalue weighted by atomic mass is 10.2. The fourth-order valence-corrected chi connectivity index (χ4v) is 6.30. The molecule has 1 N–H and O–H groups in total. The van der Waals surface area contributed by atoms with Crippen molar-refractivity contribution >= 4 is 61.9 Å². The third kappa shape index (κ3) is 4.32. The summed E-state index contributed by atoms with van der Waals surface area (Å²) in [6, 6.07) is 8.06. The van der Waals surface area contributed by atoms with Crippen LogP contribution in [-0.2, 0) is 18.3 Å². The van der Waals surface area contributed by atoms with E-state index in [4.69, 9.17) is 0 Å². The molecule has 1 amide bonds. The normalized spacial score (nSPS) is 12.3. The van der Waals surface area contributed by atoms with Gasteiger partial charge in [0.05, 0.1) is 10.6 Å². The van der Waals surface area contributed by atoms with Crippen LogP contribution in [0.2, 0.25) is 0 Å². The molecule has 4 heterocycles. The number of amides is 1. The molecule has 29 heavy (non-hydrogen) atoms. The first-order valence-electron chi connectivity index (χ1n) is 9.03. The van der Waals surface area contributed by atoms with Gasteiger partial charge in [-0.05, 0) is 36.2 Å². The van der Waals surface area contributed by atoms with Crippen LogP contribution in [0.3, 0.4) is 0 Å². The van der Waals surface area contributed by atoms with Gasteiger partial charge in [0, 0.05) is 34.3 Å². The number of thioether (sulfide) groups is 1. The summed E-state index contributed by atoms with van der Waals surface area (Å²) in [5, 5.41) is 9.86. The van der Waals surface area contributed by atoms with Crippen LogP contribution >= 0.6 is 45.8 Å². The first kappa shape index (κ1) is 20.3. The second kappa shape index (κ2) is 8.83. The van der Waals surface area contributed by atoms with E-state index >= 15 is 0 Å². The van der Waals surface area contributed by atoms with Crippen LogP contribution in [0.4, 0.5) is 0 Å². The van der Waals surface area contributed by atoms with Crippen LogP contribution in [0.25, 0.3) is 20.7 Å². The van der Waals surface area contributed by atoms with Crippen LogP contribution in [0.5, 0.6) is 0 Å². The fourth-order valence-electron chi connectivity index (χ4n) is 2.89. The lowest BCUT2D eigenvalue weighted by Crippen LogP contribution is -2.33. The minimum atomic E-state index is -0.342. The van der Waals surface area contributed by atoms with E-state index in [1.165, 1.54) is 28.0 Å². The summed E-state index contributed by atoms with van der Waals surface area (Å²) < 4.78 is 1.55. The highest BCUT2D eigenvalue weighted by atomic mass is 32.2. The predicted octanol–water partition coefficient (Wildman–Crippen LogP) is 4.62. The van der Waals surface area contributed by atoms with Gasteiger partial charge in [-0.25, -0.2) is 4.98 Å². The van der Waals surface area contributed by atoms with Gasteiger partial charge < -0.3 is 5.32 Å². The summed E-state index contributed by atoms with van der Waals surface area (Å²) in [5.74, 6) is -0.0497. The van der Waals surface area contributed by atoms with Crippen molar-refractivity contribution in [1.29, 1.82) is 0 Å². The largest absolute Gasteiger partial charge is 0.355 e. The van der Waals surface area contributed by atoms with Crippen molar-refractivity contribution in [3.05, 3.63) is 55.6 Å². The molecule has 0 aromatic carbocycles. The molecule has 4 aromatic heterocycles. The van der Waals surface area contributed by atoms with Gasteiger partial charge in [-0.2, -0.15) is 0 Å². The molecule has 5 nitrogen and oxygen atoms in total. The molecule has 0 aliphatic heterocycles. The number of aromatic nitrogens is 2. The summed E-state index contributed by atoms with van der Waals surface area (Å²) in [6.07, 6.45) is 0.824. The van der Waals surface area contributed by atoms with Crippen molar-refractivity contribution in [3.63, 3.8) is 0 Å². The molecule has 150 valence electrons. The summed E-state index contributed by atoms with van der Waals surface area (Å²) >= 11 is 6.08. The smallest absolute Gasteiger partial charge is 0.263 e. The molecule has 0 fully saturated rings. The van der Waals surface area contributed by atoms with Gasteiger partial charge in [-0.3, -0.25) is 14.2 Å². The topological polar surface area (TPSA) is 64.0 Å². The van der Waals surface area contributed by atoms with E-state index in [9.17, 15) is 9.59 Å². The number of carbonyl (C=O) groups is 1. The zero-order chi connectivity index (χ0) is 20.4. The van der Waals surface area contributed by atoms with E-state index in [0.717, 1.165) is 16.9 Å². The summed E-state index contributed by atoms with van der Waals surface area (Å²) in [7, 11) is 1.72. The summed E-state index contributed by atoms with van der Waals surface area (Å²) in [4.78, 5) is 33.2. The minimum Gasteiger partial charge on any atom is -0.355 e. The van der Waals surface area contributed by atoms with Crippen molar-refractivity contribution in [2.45, 2.75) is 23.8 Å². The van der Waals surface area contributed by atoms with Crippen molar-refractivity contribution in [3.8, 4) is 10.4 Å². The number of fused-ring (bicyclic) bond motifs is 1. The molecular formula is C20H19N3O2S4. The number of nitrogens with zero attached hydrogens (tertiary/aromatic N) is 2. The maximum atomic E-state index is 13.0. The van der Waals surface area contributed by atoms with E-state index < -0.39 is 0 Å². The first-order valence-corrected chi connectivity index (χ1v) is 12.6. The van der Waals surface area contributed by atoms with Crippen molar-refractivity contribution < 1.29 is 4.79 Å². The molecule has 0 aliphatic carbocycles. The quantitative estimate of drug-likeness (QED) is 0.322. The lowest BCUT2D eigenvalue weighted by Gasteiger charge is -2.13. The number of carbonyl (C=O) groups excluding carboxylic acids is 1. The highest BCUT2D eigenvalue weighted by Gasteiger charge is 2.20. The molecule has 0 saturated heterocycles. The van der Waals surface area contributed by atoms with E-state index in [2.05, 4.69) is 16.4 Å². The molecule has 4 rings (SSSR count). The number of nitrogens with one attached hydrogen (secondary N) is 1. The Kier molecular flexibility index (Phi) is 6.19. The van der Waals surface area contributed by atoms with Crippen LogP contribution in [-0.4, -0.2) is 27.3 Å². The molecule has 1 atom stereocenters. The van der Waals surface area contributed by atoms with Crippen molar-refractivity contribution in [2.24, 2.45) is 7.05 Å². The molecule has 1 unspecified atom stereocenters. The van der Waals surface area contributed by atoms with Crippen molar-refractivity contribution in [2.75, 3.05) is 6.54 Å². The van der Waals surface area contributed by atoms with Gasteiger partial charge in [0.2, 0.25) is 5.91 Å². The molecule has 0 spiro atoms. The SMILES string of the molecule is CC(Sc1nc2scc(-c3cccs3)c2c(=O)n1C)C(=O)NCCc1cccs1. The Balaban J connectivity index is 1.49. The Morgan fingerprint density at radius 1 is 1.24 bits per heavy atom. The maximum Gasteiger partial charge on any atom is 0.263 e. The Labute approximate surface area is 184 Å². The van der Waals surface area contributed by atoms with Gasteiger partial charge in [-0.1, -0.05) is 23.9 Å². The van der Waals surface area contributed by atoms with Crippen LogP contribution in [0.1, 0.15) is 11.8 Å². The van der Waals surface area contributed by atoms with E-state index in [1.54, 1.807) is 34.3 Å². The third-order valence-electron chi connectivity index (χ3n) is 4.46. The number of thiophene rings is 3. The standard InChI is InChI=1S/C20H19N3O2S4/c1-12(17(24)21-8-7-13-5-3-9-26-13)29-20-22-18-16(19(25)23(20)2)14(11-28-18)15-6-4-10-27-15/h3-6,9-12H,7-8H2,1-2H3,(H,21,24). The molecule has 0 bridgehead atoms. The second-order valence-electron chi connectivity index (χ2n) is 6.45. The van der Waals surface area contributed by atoms with Gasteiger partial charge >= 0.3 is 0 Å². The third-order valence-corrected chi connectivity index (χ3v) is 8.32. The van der Waals surface area contributed by atoms with Gasteiger partial charge in [0.25, 0.3) is 5.56 Å². The second-order valence-corrected chi connectivity index (χ2v) is 10.6. The lowest BCUT2D eigenvalue weighted by molar-refractivity contribution is -0.120. The van der Waals surface area contributed by atoms with Gasteiger partial charge in [0.1, 0.15) is 4.83 Å². The predicted molar refractivity (Wildman–Crippen MR) is 125 cm³/mol. The van der Waals surface area contributed by atoms with Crippen LogP contribution < -0.4 is 10.9 Å². The molecule has 9 heteroatoms. The van der Waals surface area contributed by atoms with E-state index in [-0.39, 0.29) is 16.7 Å². The van der Waals surface area contributed by atoms with Crippen LogP contribution in [0, 0.1) is 0 Å². The highest BCUT2D eigenvalue weighted by Crippen LogP contribution is 2.34. The van der Waals surface area contributed by atoms with E-state index in [0.29, 0.717) is 21.9 Å². The number of rotatable bonds is 7. The fraction of sp³-hybridized carbons (Fsp3) is 0.250. The first-order chi connectivity index (χ1) is 14.0. The maximum absolute atomic E-state index is 13.0. The zero-order valence-corrected chi connectivity index (χ0v) is 19.1. The minimum absolute atomic E-state index is 0.0497. The summed E-state index contributed by atoms with van der Waals surface area (Å²) in [6.45, 7) is 2.44. The number of hydrogen-bond acceptors (Lipinski definition) is 7.